The molecule has 3 rings (SSSR count). The summed E-state index contributed by atoms with van der Waals surface area (Å²) in [5.41, 5.74) is 1.57. The molecule has 0 radical (unpaired) electrons. The maximum Gasteiger partial charge on any atom is 0.245 e. The van der Waals surface area contributed by atoms with E-state index in [1.54, 1.807) is 24.4 Å². The lowest BCUT2D eigenvalue weighted by molar-refractivity contribution is 0.934. The van der Waals surface area contributed by atoms with Crippen LogP contribution in [0, 0.1) is 0 Å². The van der Waals surface area contributed by atoms with Gasteiger partial charge in [0.05, 0.1) is 29.1 Å². The van der Waals surface area contributed by atoms with Gasteiger partial charge in [-0.05, 0) is 30.3 Å². The van der Waals surface area contributed by atoms with Crippen LogP contribution in [0.15, 0.2) is 48.8 Å². The Balaban J connectivity index is 1.69. The first-order chi connectivity index (χ1) is 11.2. The van der Waals surface area contributed by atoms with Crippen LogP contribution in [0.1, 0.15) is 5.69 Å². The molecule has 0 atom stereocenters. The number of aromatic nitrogens is 4. The third-order valence-electron chi connectivity index (χ3n) is 2.91. The minimum absolute atomic E-state index is 0.394. The highest BCUT2D eigenvalue weighted by atomic mass is 35.5. The van der Waals surface area contributed by atoms with Crippen molar-refractivity contribution >= 4 is 40.7 Å². The van der Waals surface area contributed by atoms with Crippen LogP contribution >= 0.6 is 23.2 Å². The lowest BCUT2D eigenvalue weighted by atomic mass is 10.3. The molecule has 0 saturated heterocycles. The highest BCUT2D eigenvalue weighted by Crippen LogP contribution is 2.27. The second-order valence-corrected chi connectivity index (χ2v) is 5.43. The van der Waals surface area contributed by atoms with E-state index >= 15 is 0 Å². The van der Waals surface area contributed by atoms with Crippen LogP contribution in [0.3, 0.4) is 0 Å². The first kappa shape index (κ1) is 15.5. The van der Waals surface area contributed by atoms with Gasteiger partial charge in [-0.3, -0.25) is 4.98 Å². The zero-order valence-corrected chi connectivity index (χ0v) is 13.4. The molecule has 3 aromatic rings. The van der Waals surface area contributed by atoms with Crippen molar-refractivity contribution in [2.45, 2.75) is 6.54 Å². The average Bonchev–Trinajstić information content (AvgIpc) is 2.57. The van der Waals surface area contributed by atoms with Gasteiger partial charge in [-0.1, -0.05) is 29.3 Å². The van der Waals surface area contributed by atoms with Crippen molar-refractivity contribution in [1.29, 1.82) is 0 Å². The molecule has 0 amide bonds. The minimum Gasteiger partial charge on any atom is -0.347 e. The molecule has 0 aliphatic carbocycles. The molecule has 1 aromatic carbocycles. The molecule has 0 aliphatic rings. The third-order valence-corrected chi connectivity index (χ3v) is 3.45. The molecule has 2 aromatic heterocycles. The Morgan fingerprint density at radius 1 is 1.09 bits per heavy atom. The van der Waals surface area contributed by atoms with E-state index in [1.807, 2.05) is 18.2 Å². The smallest absolute Gasteiger partial charge is 0.245 e. The van der Waals surface area contributed by atoms with E-state index < -0.39 is 0 Å². The van der Waals surface area contributed by atoms with Crippen molar-refractivity contribution in [2.24, 2.45) is 0 Å². The normalized spacial score (nSPS) is 10.3. The summed E-state index contributed by atoms with van der Waals surface area (Å²) in [6, 6.07) is 10.9. The summed E-state index contributed by atoms with van der Waals surface area (Å²) < 4.78 is 0. The van der Waals surface area contributed by atoms with E-state index in [0.29, 0.717) is 34.0 Å². The predicted molar refractivity (Wildman–Crippen MR) is 91.1 cm³/mol. The van der Waals surface area contributed by atoms with E-state index in [-0.39, 0.29) is 0 Å². The molecule has 2 N–H and O–H groups in total. The Bertz CT molecular complexity index is 797. The molecule has 0 unspecified atom stereocenters. The van der Waals surface area contributed by atoms with Gasteiger partial charge in [0.1, 0.15) is 0 Å². The molecule has 6 nitrogen and oxygen atoms in total. The van der Waals surface area contributed by atoms with E-state index in [4.69, 9.17) is 23.2 Å². The average molecular weight is 347 g/mol. The predicted octanol–water partition coefficient (Wildman–Crippen LogP) is 3.93. The van der Waals surface area contributed by atoms with Gasteiger partial charge in [-0.2, -0.15) is 10.1 Å². The van der Waals surface area contributed by atoms with Crippen molar-refractivity contribution in [1.82, 2.24) is 20.2 Å². The Morgan fingerprint density at radius 2 is 2.00 bits per heavy atom. The fourth-order valence-electron chi connectivity index (χ4n) is 1.84. The van der Waals surface area contributed by atoms with E-state index in [1.165, 1.54) is 6.20 Å². The number of rotatable bonds is 5. The van der Waals surface area contributed by atoms with Gasteiger partial charge in [-0.25, -0.2) is 0 Å². The van der Waals surface area contributed by atoms with E-state index in [2.05, 4.69) is 30.8 Å². The van der Waals surface area contributed by atoms with Gasteiger partial charge in [0.2, 0.25) is 5.95 Å². The number of nitrogens with zero attached hydrogens (tertiary/aromatic N) is 4. The topological polar surface area (TPSA) is 75.6 Å². The summed E-state index contributed by atoms with van der Waals surface area (Å²) in [4.78, 5) is 8.55. The molecule has 0 spiro atoms. The van der Waals surface area contributed by atoms with Crippen molar-refractivity contribution < 1.29 is 0 Å². The summed E-state index contributed by atoms with van der Waals surface area (Å²) in [5.74, 6) is 0.915. The molecule has 2 heterocycles. The maximum absolute atomic E-state index is 6.13. The Hall–Kier alpha value is -2.44. The SMILES string of the molecule is Clc1ccc(Nc2cnnc(NCc3ccccn3)n2)c(Cl)c1. The van der Waals surface area contributed by atoms with Crippen molar-refractivity contribution in [2.75, 3.05) is 10.6 Å². The number of nitrogens with one attached hydrogen (secondary N) is 2. The second kappa shape index (κ2) is 7.21. The highest BCUT2D eigenvalue weighted by Gasteiger charge is 2.05. The quantitative estimate of drug-likeness (QED) is 0.728. The number of anilines is 3. The third kappa shape index (κ3) is 4.28. The van der Waals surface area contributed by atoms with Crippen LogP contribution in [0.5, 0.6) is 0 Å². The number of halogens is 2. The van der Waals surface area contributed by atoms with Crippen molar-refractivity contribution in [3.63, 3.8) is 0 Å². The molecular formula is C15H12Cl2N6. The molecule has 0 bridgehead atoms. The van der Waals surface area contributed by atoms with Crippen LogP contribution in [0.4, 0.5) is 17.5 Å². The Morgan fingerprint density at radius 3 is 2.78 bits per heavy atom. The molecular weight excluding hydrogens is 335 g/mol. The van der Waals surface area contributed by atoms with Crippen LogP contribution in [-0.4, -0.2) is 20.2 Å². The summed E-state index contributed by atoms with van der Waals surface area (Å²) in [6.45, 7) is 0.508. The largest absolute Gasteiger partial charge is 0.347 e. The lowest BCUT2D eigenvalue weighted by Gasteiger charge is -2.09. The van der Waals surface area contributed by atoms with Gasteiger partial charge in [-0.15, -0.1) is 5.10 Å². The van der Waals surface area contributed by atoms with Crippen molar-refractivity contribution in [3.8, 4) is 0 Å². The molecule has 0 fully saturated rings. The Labute approximate surface area is 142 Å². The van der Waals surface area contributed by atoms with E-state index in [0.717, 1.165) is 5.69 Å². The molecule has 8 heteroatoms. The van der Waals surface area contributed by atoms with Crippen molar-refractivity contribution in [3.05, 3.63) is 64.5 Å². The second-order valence-electron chi connectivity index (χ2n) is 4.59. The monoisotopic (exact) mass is 346 g/mol. The first-order valence-corrected chi connectivity index (χ1v) is 7.52. The molecule has 23 heavy (non-hydrogen) atoms. The van der Waals surface area contributed by atoms with E-state index in [9.17, 15) is 0 Å². The number of benzene rings is 1. The number of pyridine rings is 1. The van der Waals surface area contributed by atoms with Crippen LogP contribution in [0.25, 0.3) is 0 Å². The summed E-state index contributed by atoms with van der Waals surface area (Å²) >= 11 is 12.0. The standard InChI is InChI=1S/C15H12Cl2N6/c16-10-4-5-13(12(17)7-10)21-14-9-20-23-15(22-14)19-8-11-3-1-2-6-18-11/h1-7,9H,8H2,(H2,19,21,22,23). The van der Waals surface area contributed by atoms with Crippen LogP contribution in [-0.2, 0) is 6.54 Å². The van der Waals surface area contributed by atoms with Crippen LogP contribution in [0.2, 0.25) is 10.0 Å². The van der Waals surface area contributed by atoms with Gasteiger partial charge in [0.25, 0.3) is 0 Å². The summed E-state index contributed by atoms with van der Waals surface area (Å²) in [5, 5.41) is 15.1. The number of hydrogen-bond acceptors (Lipinski definition) is 6. The first-order valence-electron chi connectivity index (χ1n) is 6.76. The zero-order valence-electron chi connectivity index (χ0n) is 11.9. The van der Waals surface area contributed by atoms with Crippen LogP contribution < -0.4 is 10.6 Å². The molecule has 116 valence electrons. The fourth-order valence-corrected chi connectivity index (χ4v) is 2.30. The minimum atomic E-state index is 0.394. The highest BCUT2D eigenvalue weighted by molar-refractivity contribution is 6.36. The fraction of sp³-hybridized carbons (Fsp3) is 0.0667. The van der Waals surface area contributed by atoms with Gasteiger partial charge >= 0.3 is 0 Å². The lowest BCUT2D eigenvalue weighted by Crippen LogP contribution is -2.07. The maximum atomic E-state index is 6.13. The zero-order chi connectivity index (χ0) is 16.1. The van der Waals surface area contributed by atoms with Gasteiger partial charge < -0.3 is 10.6 Å². The van der Waals surface area contributed by atoms with Gasteiger partial charge in [0.15, 0.2) is 5.82 Å². The number of hydrogen-bond donors (Lipinski definition) is 2. The Kier molecular flexibility index (Phi) is 4.85. The van der Waals surface area contributed by atoms with Gasteiger partial charge in [0, 0.05) is 11.2 Å². The summed E-state index contributed by atoms with van der Waals surface area (Å²) in [7, 11) is 0. The molecule has 0 saturated carbocycles. The molecule has 0 aliphatic heterocycles. The summed E-state index contributed by atoms with van der Waals surface area (Å²) in [6.07, 6.45) is 3.24.